The van der Waals surface area contributed by atoms with E-state index in [1.54, 1.807) is 18.2 Å². The molecule has 1 aromatic rings. The second-order valence-corrected chi connectivity index (χ2v) is 3.05. The van der Waals surface area contributed by atoms with Crippen LogP contribution >= 0.6 is 0 Å². The Labute approximate surface area is 98.5 Å². The van der Waals surface area contributed by atoms with Crippen molar-refractivity contribution < 1.29 is 23.8 Å². The molecule has 0 saturated carbocycles. The normalized spacial score (nSPS) is 9.35. The summed E-state index contributed by atoms with van der Waals surface area (Å²) in [6.45, 7) is 0. The van der Waals surface area contributed by atoms with Gasteiger partial charge in [-0.2, -0.15) is 0 Å². The maximum absolute atomic E-state index is 11.3. The third kappa shape index (κ3) is 3.37. The number of methoxy groups -OCH3 is 3. The second kappa shape index (κ2) is 5.74. The molecule has 0 radical (unpaired) electrons. The Morgan fingerprint density at radius 3 is 1.94 bits per heavy atom. The van der Waals surface area contributed by atoms with Crippen molar-refractivity contribution in [3.63, 3.8) is 0 Å². The summed E-state index contributed by atoms with van der Waals surface area (Å²) in [6, 6.07) is 4.76. The lowest BCUT2D eigenvalue weighted by molar-refractivity contribution is -0.150. The summed E-state index contributed by atoms with van der Waals surface area (Å²) in [5.41, 5.74) is 0.386. The van der Waals surface area contributed by atoms with Crippen molar-refractivity contribution in [2.45, 2.75) is 0 Å². The van der Waals surface area contributed by atoms with Crippen molar-refractivity contribution in [2.75, 3.05) is 26.6 Å². The van der Waals surface area contributed by atoms with Gasteiger partial charge >= 0.3 is 11.9 Å². The molecule has 0 bridgehead atoms. The van der Waals surface area contributed by atoms with Crippen molar-refractivity contribution in [3.8, 4) is 11.5 Å². The van der Waals surface area contributed by atoms with Gasteiger partial charge in [0, 0.05) is 23.9 Å². The molecule has 0 aliphatic rings. The SMILES string of the molecule is COC(=O)C(=O)Nc1cc(OC)cc(OC)c1. The Morgan fingerprint density at radius 1 is 1.00 bits per heavy atom. The average molecular weight is 239 g/mol. The van der Waals surface area contributed by atoms with Crippen LogP contribution in [0.5, 0.6) is 11.5 Å². The van der Waals surface area contributed by atoms with Gasteiger partial charge in [-0.05, 0) is 0 Å². The van der Waals surface area contributed by atoms with Crippen LogP contribution in [0.25, 0.3) is 0 Å². The first-order valence-corrected chi connectivity index (χ1v) is 4.73. The molecule has 0 spiro atoms. The molecule has 0 saturated heterocycles. The molecular formula is C11H13NO5. The molecule has 1 amide bonds. The van der Waals surface area contributed by atoms with Crippen LogP contribution in [-0.2, 0) is 14.3 Å². The number of ether oxygens (including phenoxy) is 3. The fraction of sp³-hybridized carbons (Fsp3) is 0.273. The van der Waals surface area contributed by atoms with E-state index in [4.69, 9.17) is 9.47 Å². The molecule has 6 heteroatoms. The fourth-order valence-electron chi connectivity index (χ4n) is 1.15. The lowest BCUT2D eigenvalue weighted by Crippen LogP contribution is -2.23. The summed E-state index contributed by atoms with van der Waals surface area (Å²) in [5.74, 6) is -0.816. The zero-order valence-corrected chi connectivity index (χ0v) is 9.77. The van der Waals surface area contributed by atoms with Crippen molar-refractivity contribution in [3.05, 3.63) is 18.2 Å². The van der Waals surface area contributed by atoms with E-state index in [1.807, 2.05) is 0 Å². The zero-order chi connectivity index (χ0) is 12.8. The first-order chi connectivity index (χ1) is 8.10. The zero-order valence-electron chi connectivity index (χ0n) is 9.77. The highest BCUT2D eigenvalue weighted by molar-refractivity contribution is 6.37. The molecule has 0 fully saturated rings. The van der Waals surface area contributed by atoms with Gasteiger partial charge in [0.1, 0.15) is 11.5 Å². The van der Waals surface area contributed by atoms with E-state index in [-0.39, 0.29) is 0 Å². The number of benzene rings is 1. The molecule has 0 aliphatic heterocycles. The molecule has 1 rings (SSSR count). The minimum atomic E-state index is -0.966. The molecule has 6 nitrogen and oxygen atoms in total. The van der Waals surface area contributed by atoms with Gasteiger partial charge in [-0.3, -0.25) is 4.79 Å². The number of nitrogens with one attached hydrogen (secondary N) is 1. The average Bonchev–Trinajstić information content (AvgIpc) is 2.36. The number of carbonyl (C=O) groups is 2. The highest BCUT2D eigenvalue weighted by Crippen LogP contribution is 2.25. The summed E-state index contributed by atoms with van der Waals surface area (Å²) in [7, 11) is 4.11. The summed E-state index contributed by atoms with van der Waals surface area (Å²) in [5, 5.41) is 2.37. The van der Waals surface area contributed by atoms with Crippen LogP contribution in [0, 0.1) is 0 Å². The Bertz CT molecular complexity index is 408. The molecular weight excluding hydrogens is 226 g/mol. The van der Waals surface area contributed by atoms with Crippen LogP contribution in [0.3, 0.4) is 0 Å². The van der Waals surface area contributed by atoms with Gasteiger partial charge in [0.25, 0.3) is 0 Å². The number of hydrogen-bond acceptors (Lipinski definition) is 5. The number of carbonyl (C=O) groups excluding carboxylic acids is 2. The summed E-state index contributed by atoms with van der Waals surface area (Å²) < 4.78 is 14.3. The quantitative estimate of drug-likeness (QED) is 0.624. The number of amides is 1. The lowest BCUT2D eigenvalue weighted by atomic mass is 10.2. The van der Waals surface area contributed by atoms with E-state index in [2.05, 4.69) is 10.1 Å². The van der Waals surface area contributed by atoms with Gasteiger partial charge in [0.15, 0.2) is 0 Å². The maximum atomic E-state index is 11.3. The monoisotopic (exact) mass is 239 g/mol. The van der Waals surface area contributed by atoms with Crippen LogP contribution in [0.1, 0.15) is 0 Å². The van der Waals surface area contributed by atoms with E-state index < -0.39 is 11.9 Å². The third-order valence-corrected chi connectivity index (χ3v) is 1.98. The minimum Gasteiger partial charge on any atom is -0.497 e. The first-order valence-electron chi connectivity index (χ1n) is 4.73. The smallest absolute Gasteiger partial charge is 0.396 e. The number of anilines is 1. The molecule has 0 aromatic heterocycles. The van der Waals surface area contributed by atoms with Crippen molar-refractivity contribution >= 4 is 17.6 Å². The second-order valence-electron chi connectivity index (χ2n) is 3.05. The van der Waals surface area contributed by atoms with Gasteiger partial charge in [0.2, 0.25) is 0 Å². The number of hydrogen-bond donors (Lipinski definition) is 1. The fourth-order valence-corrected chi connectivity index (χ4v) is 1.15. The van der Waals surface area contributed by atoms with Crippen LogP contribution in [-0.4, -0.2) is 33.2 Å². The minimum absolute atomic E-state index is 0.386. The number of esters is 1. The van der Waals surface area contributed by atoms with E-state index in [0.29, 0.717) is 17.2 Å². The predicted molar refractivity (Wildman–Crippen MR) is 60.2 cm³/mol. The maximum Gasteiger partial charge on any atom is 0.396 e. The summed E-state index contributed by atoms with van der Waals surface area (Å²) in [6.07, 6.45) is 0. The van der Waals surface area contributed by atoms with Gasteiger partial charge in [0.05, 0.1) is 21.3 Å². The highest BCUT2D eigenvalue weighted by atomic mass is 16.5. The highest BCUT2D eigenvalue weighted by Gasteiger charge is 2.14. The largest absolute Gasteiger partial charge is 0.497 e. The van der Waals surface area contributed by atoms with Crippen LogP contribution in [0.4, 0.5) is 5.69 Å². The van der Waals surface area contributed by atoms with Gasteiger partial charge in [-0.15, -0.1) is 0 Å². The Hall–Kier alpha value is -2.24. The van der Waals surface area contributed by atoms with Crippen LogP contribution < -0.4 is 14.8 Å². The molecule has 0 unspecified atom stereocenters. The van der Waals surface area contributed by atoms with Crippen molar-refractivity contribution in [1.29, 1.82) is 0 Å². The third-order valence-electron chi connectivity index (χ3n) is 1.98. The Morgan fingerprint density at radius 2 is 1.53 bits per heavy atom. The molecule has 0 atom stereocenters. The molecule has 92 valence electrons. The molecule has 0 heterocycles. The topological polar surface area (TPSA) is 73.9 Å². The standard InChI is InChI=1S/C11H13NO5/c1-15-8-4-7(5-9(6-8)16-2)12-10(13)11(14)17-3/h4-6H,1-3H3,(H,12,13). The van der Waals surface area contributed by atoms with Crippen LogP contribution in [0.2, 0.25) is 0 Å². The van der Waals surface area contributed by atoms with Crippen molar-refractivity contribution in [2.24, 2.45) is 0 Å². The van der Waals surface area contributed by atoms with E-state index in [1.165, 1.54) is 14.2 Å². The Kier molecular flexibility index (Phi) is 4.33. The van der Waals surface area contributed by atoms with Crippen LogP contribution in [0.15, 0.2) is 18.2 Å². The Balaban J connectivity index is 2.90. The molecule has 0 aliphatic carbocycles. The first kappa shape index (κ1) is 12.8. The van der Waals surface area contributed by atoms with E-state index >= 15 is 0 Å². The summed E-state index contributed by atoms with van der Waals surface area (Å²) in [4.78, 5) is 22.2. The molecule has 1 aromatic carbocycles. The summed E-state index contributed by atoms with van der Waals surface area (Å²) >= 11 is 0. The molecule has 1 N–H and O–H groups in total. The van der Waals surface area contributed by atoms with E-state index in [9.17, 15) is 9.59 Å². The lowest BCUT2D eigenvalue weighted by Gasteiger charge is -2.08. The van der Waals surface area contributed by atoms with Gasteiger partial charge < -0.3 is 19.5 Å². The van der Waals surface area contributed by atoms with Gasteiger partial charge in [-0.1, -0.05) is 0 Å². The number of rotatable bonds is 3. The van der Waals surface area contributed by atoms with Crippen molar-refractivity contribution in [1.82, 2.24) is 0 Å². The van der Waals surface area contributed by atoms with E-state index in [0.717, 1.165) is 7.11 Å². The predicted octanol–water partition coefficient (Wildman–Crippen LogP) is 0.815. The van der Waals surface area contributed by atoms with Gasteiger partial charge in [-0.25, -0.2) is 4.79 Å². The molecule has 17 heavy (non-hydrogen) atoms.